The molecule has 0 saturated heterocycles. The van der Waals surface area contributed by atoms with Gasteiger partial charge >= 0.3 is 0 Å². The molecule has 0 atom stereocenters. The van der Waals surface area contributed by atoms with Crippen LogP contribution in [0.25, 0.3) is 11.4 Å². The summed E-state index contributed by atoms with van der Waals surface area (Å²) >= 11 is 2.18. The van der Waals surface area contributed by atoms with E-state index in [4.69, 9.17) is 5.73 Å². The van der Waals surface area contributed by atoms with Gasteiger partial charge in [-0.1, -0.05) is 0 Å². The van der Waals surface area contributed by atoms with Crippen LogP contribution in [0.4, 0.5) is 5.95 Å². The molecule has 0 bridgehead atoms. The van der Waals surface area contributed by atoms with Crippen LogP contribution >= 0.6 is 22.6 Å². The number of H-pyrrole nitrogens is 1. The number of hydrogen-bond donors (Lipinski definition) is 2. The van der Waals surface area contributed by atoms with Gasteiger partial charge in [-0.3, -0.25) is 10.1 Å². The van der Waals surface area contributed by atoms with Crippen molar-refractivity contribution in [2.45, 2.75) is 0 Å². The van der Waals surface area contributed by atoms with Crippen LogP contribution in [-0.2, 0) is 0 Å². The second-order valence-corrected chi connectivity index (χ2v) is 3.56. The van der Waals surface area contributed by atoms with Crippen molar-refractivity contribution in [3.8, 4) is 11.4 Å². The van der Waals surface area contributed by atoms with E-state index in [9.17, 15) is 0 Å². The number of nitrogen functional groups attached to an aromatic ring is 1. The molecule has 0 aromatic carbocycles. The van der Waals surface area contributed by atoms with Crippen LogP contribution in [0.1, 0.15) is 0 Å². The summed E-state index contributed by atoms with van der Waals surface area (Å²) in [7, 11) is 0. The van der Waals surface area contributed by atoms with Gasteiger partial charge in [0, 0.05) is 21.5 Å². The number of nitrogens with zero attached hydrogens (tertiary/aromatic N) is 3. The van der Waals surface area contributed by atoms with Gasteiger partial charge in [0.2, 0.25) is 5.95 Å². The summed E-state index contributed by atoms with van der Waals surface area (Å²) in [6, 6.07) is 1.86. The predicted molar refractivity (Wildman–Crippen MR) is 56.7 cm³/mol. The highest BCUT2D eigenvalue weighted by Crippen LogP contribution is 2.20. The molecular weight excluding hydrogens is 281 g/mol. The lowest BCUT2D eigenvalue weighted by Gasteiger charge is -1.96. The van der Waals surface area contributed by atoms with E-state index in [0.717, 1.165) is 9.13 Å². The van der Waals surface area contributed by atoms with E-state index in [1.807, 2.05) is 6.07 Å². The Hall–Kier alpha value is -1.18. The summed E-state index contributed by atoms with van der Waals surface area (Å²) in [5.41, 5.74) is 6.35. The van der Waals surface area contributed by atoms with Crippen LogP contribution in [0.3, 0.4) is 0 Å². The molecule has 0 amide bonds. The zero-order chi connectivity index (χ0) is 9.26. The number of rotatable bonds is 1. The van der Waals surface area contributed by atoms with E-state index in [1.165, 1.54) is 0 Å². The standard InChI is InChI=1S/C7H6IN5/c8-5-3-10-2-1-4(5)6-11-7(9)13-12-6/h1-3H,(H3,9,11,12,13). The molecule has 0 aliphatic rings. The molecule has 2 aromatic heterocycles. The maximum absolute atomic E-state index is 5.39. The second kappa shape index (κ2) is 3.29. The maximum Gasteiger partial charge on any atom is 0.239 e. The van der Waals surface area contributed by atoms with Gasteiger partial charge in [0.25, 0.3) is 0 Å². The van der Waals surface area contributed by atoms with Gasteiger partial charge in [-0.05, 0) is 28.7 Å². The predicted octanol–water partition coefficient (Wildman–Crippen LogP) is 1.05. The van der Waals surface area contributed by atoms with Crippen LogP contribution in [-0.4, -0.2) is 20.2 Å². The normalized spacial score (nSPS) is 10.2. The quantitative estimate of drug-likeness (QED) is 0.768. The Morgan fingerprint density at radius 2 is 2.31 bits per heavy atom. The number of hydrogen-bond acceptors (Lipinski definition) is 4. The molecule has 0 unspecified atom stereocenters. The van der Waals surface area contributed by atoms with Crippen molar-refractivity contribution in [3.63, 3.8) is 0 Å². The van der Waals surface area contributed by atoms with Crippen LogP contribution in [0.15, 0.2) is 18.5 Å². The Kier molecular flexibility index (Phi) is 2.13. The smallest absolute Gasteiger partial charge is 0.239 e. The summed E-state index contributed by atoms with van der Waals surface area (Å²) in [5, 5.41) is 6.50. The highest BCUT2D eigenvalue weighted by Gasteiger charge is 2.06. The van der Waals surface area contributed by atoms with Crippen molar-refractivity contribution in [2.24, 2.45) is 0 Å². The summed E-state index contributed by atoms with van der Waals surface area (Å²) in [5.74, 6) is 0.923. The number of aromatic amines is 1. The van der Waals surface area contributed by atoms with E-state index < -0.39 is 0 Å². The minimum Gasteiger partial charge on any atom is -0.366 e. The monoisotopic (exact) mass is 287 g/mol. The summed E-state index contributed by atoms with van der Waals surface area (Å²) in [4.78, 5) is 8.00. The lowest BCUT2D eigenvalue weighted by Crippen LogP contribution is -1.87. The molecule has 0 spiro atoms. The summed E-state index contributed by atoms with van der Waals surface area (Å²) in [6.45, 7) is 0. The Labute approximate surface area is 87.9 Å². The van der Waals surface area contributed by atoms with Gasteiger partial charge in [-0.15, -0.1) is 5.10 Å². The fourth-order valence-corrected chi connectivity index (χ4v) is 1.56. The number of aromatic nitrogens is 4. The first-order valence-electron chi connectivity index (χ1n) is 3.55. The molecule has 2 heterocycles. The fraction of sp³-hybridized carbons (Fsp3) is 0. The molecule has 2 rings (SSSR count). The minimum absolute atomic E-state index is 0.252. The van der Waals surface area contributed by atoms with E-state index in [-0.39, 0.29) is 5.95 Å². The average molecular weight is 287 g/mol. The third-order valence-corrected chi connectivity index (χ3v) is 2.39. The number of nitrogens with one attached hydrogen (secondary N) is 1. The molecule has 5 nitrogen and oxygen atoms in total. The number of nitrogens with two attached hydrogens (primary N) is 1. The van der Waals surface area contributed by atoms with E-state index in [1.54, 1.807) is 12.4 Å². The molecule has 3 N–H and O–H groups in total. The molecule has 66 valence electrons. The largest absolute Gasteiger partial charge is 0.366 e. The van der Waals surface area contributed by atoms with Crippen molar-refractivity contribution in [2.75, 3.05) is 5.73 Å². The third kappa shape index (κ3) is 1.62. The topological polar surface area (TPSA) is 80.5 Å². The van der Waals surface area contributed by atoms with Crippen molar-refractivity contribution >= 4 is 28.5 Å². The zero-order valence-electron chi connectivity index (χ0n) is 6.53. The molecule has 0 saturated carbocycles. The minimum atomic E-state index is 0.252. The van der Waals surface area contributed by atoms with Crippen molar-refractivity contribution < 1.29 is 0 Å². The Balaban J connectivity index is 2.52. The number of halogens is 1. The molecule has 2 aromatic rings. The lowest BCUT2D eigenvalue weighted by atomic mass is 10.3. The Morgan fingerprint density at radius 1 is 1.46 bits per heavy atom. The van der Waals surface area contributed by atoms with Gasteiger partial charge in [-0.2, -0.15) is 4.98 Å². The maximum atomic E-state index is 5.39. The van der Waals surface area contributed by atoms with Gasteiger partial charge in [0.15, 0.2) is 5.82 Å². The Morgan fingerprint density at radius 3 is 2.92 bits per heavy atom. The lowest BCUT2D eigenvalue weighted by molar-refractivity contribution is 1.10. The van der Waals surface area contributed by atoms with Crippen molar-refractivity contribution in [3.05, 3.63) is 22.0 Å². The Bertz CT molecular complexity index is 424. The van der Waals surface area contributed by atoms with Crippen LogP contribution < -0.4 is 5.73 Å². The molecule has 0 aliphatic heterocycles. The molecule has 0 fully saturated rings. The molecule has 0 aliphatic carbocycles. The number of anilines is 1. The van der Waals surface area contributed by atoms with Crippen LogP contribution in [0.5, 0.6) is 0 Å². The average Bonchev–Trinajstić information content (AvgIpc) is 2.53. The highest BCUT2D eigenvalue weighted by molar-refractivity contribution is 14.1. The van der Waals surface area contributed by atoms with Gasteiger partial charge in [0.05, 0.1) is 0 Å². The van der Waals surface area contributed by atoms with Crippen molar-refractivity contribution in [1.29, 1.82) is 0 Å². The van der Waals surface area contributed by atoms with Crippen molar-refractivity contribution in [1.82, 2.24) is 20.2 Å². The molecule has 0 radical (unpaired) electrons. The van der Waals surface area contributed by atoms with E-state index in [2.05, 4.69) is 42.8 Å². The second-order valence-electron chi connectivity index (χ2n) is 2.40. The van der Waals surface area contributed by atoms with Crippen LogP contribution in [0, 0.1) is 3.57 Å². The van der Waals surface area contributed by atoms with Gasteiger partial charge in [-0.25, -0.2) is 0 Å². The van der Waals surface area contributed by atoms with Gasteiger partial charge < -0.3 is 5.73 Å². The van der Waals surface area contributed by atoms with Crippen LogP contribution in [0.2, 0.25) is 0 Å². The highest BCUT2D eigenvalue weighted by atomic mass is 127. The SMILES string of the molecule is Nc1n[nH]c(-c2ccncc2I)n1. The first kappa shape index (κ1) is 8.42. The third-order valence-electron chi connectivity index (χ3n) is 1.53. The molecule has 6 heteroatoms. The summed E-state index contributed by atoms with van der Waals surface area (Å²) in [6.07, 6.45) is 3.46. The van der Waals surface area contributed by atoms with Gasteiger partial charge in [0.1, 0.15) is 0 Å². The first-order valence-corrected chi connectivity index (χ1v) is 4.63. The fourth-order valence-electron chi connectivity index (χ4n) is 0.962. The molecule has 13 heavy (non-hydrogen) atoms. The molecular formula is C7H6IN5. The number of pyridine rings is 1. The summed E-state index contributed by atoms with van der Waals surface area (Å²) < 4.78 is 1.01. The van der Waals surface area contributed by atoms with E-state index in [0.29, 0.717) is 5.82 Å². The van der Waals surface area contributed by atoms with E-state index >= 15 is 0 Å². The first-order chi connectivity index (χ1) is 6.27. The zero-order valence-corrected chi connectivity index (χ0v) is 8.69.